The van der Waals surface area contributed by atoms with E-state index in [2.05, 4.69) is 5.32 Å². The smallest absolute Gasteiger partial charge is 0.270 e. The number of methoxy groups -OCH3 is 1. The fourth-order valence-corrected chi connectivity index (χ4v) is 4.68. The lowest BCUT2D eigenvalue weighted by atomic mass is 10.2. The van der Waals surface area contributed by atoms with Gasteiger partial charge in [0.15, 0.2) is 10.9 Å². The summed E-state index contributed by atoms with van der Waals surface area (Å²) in [5.41, 5.74) is 1.70. The minimum absolute atomic E-state index is 0.0901. The molecule has 1 heterocycles. The Morgan fingerprint density at radius 2 is 1.91 bits per heavy atom. The Balaban J connectivity index is 1.38. The SMILES string of the molecule is COc1ccccc1NC(=O)COc1ccc(C=C2SC(=S)N(c3ccc(F)c(Cl)c3)C2=O)cc1. The second kappa shape index (κ2) is 10.9. The van der Waals surface area contributed by atoms with Crippen LogP contribution in [0.15, 0.2) is 71.6 Å². The van der Waals surface area contributed by atoms with Gasteiger partial charge in [-0.2, -0.15) is 0 Å². The molecule has 6 nitrogen and oxygen atoms in total. The van der Waals surface area contributed by atoms with Crippen LogP contribution >= 0.6 is 35.6 Å². The second-order valence-corrected chi connectivity index (χ2v) is 9.30. The van der Waals surface area contributed by atoms with Gasteiger partial charge < -0.3 is 14.8 Å². The molecule has 1 saturated heterocycles. The van der Waals surface area contributed by atoms with Crippen LogP contribution in [0, 0.1) is 5.82 Å². The summed E-state index contributed by atoms with van der Waals surface area (Å²) in [4.78, 5) is 26.8. The lowest BCUT2D eigenvalue weighted by Gasteiger charge is -2.14. The number of hydrogen-bond donors (Lipinski definition) is 1. The van der Waals surface area contributed by atoms with Gasteiger partial charge in [-0.25, -0.2) is 4.39 Å². The average molecular weight is 529 g/mol. The van der Waals surface area contributed by atoms with E-state index in [1.54, 1.807) is 48.5 Å². The number of carbonyl (C=O) groups excluding carboxylic acids is 2. The normalized spacial score (nSPS) is 14.4. The Morgan fingerprint density at radius 1 is 1.17 bits per heavy atom. The average Bonchev–Trinajstić information content (AvgIpc) is 3.13. The van der Waals surface area contributed by atoms with E-state index in [1.807, 2.05) is 6.07 Å². The van der Waals surface area contributed by atoms with E-state index < -0.39 is 5.82 Å². The van der Waals surface area contributed by atoms with Gasteiger partial charge in [-0.1, -0.05) is 59.8 Å². The van der Waals surface area contributed by atoms with E-state index in [9.17, 15) is 14.0 Å². The summed E-state index contributed by atoms with van der Waals surface area (Å²) in [6.45, 7) is -0.184. The minimum atomic E-state index is -0.573. The Hall–Kier alpha value is -3.40. The molecule has 0 aromatic heterocycles. The molecule has 0 bridgehead atoms. The number of anilines is 2. The minimum Gasteiger partial charge on any atom is -0.495 e. The first-order valence-electron chi connectivity index (χ1n) is 10.2. The summed E-state index contributed by atoms with van der Waals surface area (Å²) in [5.74, 6) is -0.181. The lowest BCUT2D eigenvalue weighted by Crippen LogP contribution is -2.27. The Kier molecular flexibility index (Phi) is 7.70. The monoisotopic (exact) mass is 528 g/mol. The largest absolute Gasteiger partial charge is 0.495 e. The van der Waals surface area contributed by atoms with Crippen LogP contribution in [0.2, 0.25) is 5.02 Å². The molecule has 35 heavy (non-hydrogen) atoms. The third kappa shape index (κ3) is 5.82. The fraction of sp³-hybridized carbons (Fsp3) is 0.0800. The zero-order valence-corrected chi connectivity index (χ0v) is 20.7. The summed E-state index contributed by atoms with van der Waals surface area (Å²) in [6, 6.07) is 18.0. The number of halogens is 2. The molecule has 0 spiro atoms. The van der Waals surface area contributed by atoms with E-state index >= 15 is 0 Å². The number of rotatable bonds is 7. The zero-order chi connectivity index (χ0) is 24.9. The van der Waals surface area contributed by atoms with Crippen LogP contribution in [-0.2, 0) is 9.59 Å². The Labute approximate surface area is 215 Å². The molecule has 2 amide bonds. The maximum absolute atomic E-state index is 13.5. The number of nitrogens with zero attached hydrogens (tertiary/aromatic N) is 1. The molecule has 0 unspecified atom stereocenters. The first kappa shape index (κ1) is 24.7. The van der Waals surface area contributed by atoms with Gasteiger partial charge in [-0.05, 0) is 54.1 Å². The van der Waals surface area contributed by atoms with Crippen molar-refractivity contribution in [2.24, 2.45) is 0 Å². The Bertz CT molecular complexity index is 1330. The summed E-state index contributed by atoms with van der Waals surface area (Å²) in [7, 11) is 1.53. The fourth-order valence-electron chi connectivity index (χ4n) is 3.21. The standard InChI is InChI=1S/C25H18ClFN2O4S2/c1-32-21-5-3-2-4-20(21)28-23(30)14-33-17-9-6-15(7-10-17)12-22-24(31)29(25(34)35-22)16-8-11-19(27)18(26)13-16/h2-13H,14H2,1H3,(H,28,30). The predicted octanol–water partition coefficient (Wildman–Crippen LogP) is 5.91. The summed E-state index contributed by atoms with van der Waals surface area (Å²) in [5, 5.41) is 2.65. The molecule has 1 aliphatic rings. The van der Waals surface area contributed by atoms with Crippen molar-refractivity contribution in [2.75, 3.05) is 23.9 Å². The first-order chi connectivity index (χ1) is 16.9. The number of thioether (sulfide) groups is 1. The van der Waals surface area contributed by atoms with E-state index in [1.165, 1.54) is 30.2 Å². The molecule has 0 aliphatic carbocycles. The van der Waals surface area contributed by atoms with Gasteiger partial charge in [-0.3, -0.25) is 14.5 Å². The summed E-state index contributed by atoms with van der Waals surface area (Å²) < 4.78 is 24.6. The third-order valence-electron chi connectivity index (χ3n) is 4.88. The third-order valence-corrected chi connectivity index (χ3v) is 6.48. The predicted molar refractivity (Wildman–Crippen MR) is 141 cm³/mol. The highest BCUT2D eigenvalue weighted by molar-refractivity contribution is 8.27. The van der Waals surface area contributed by atoms with Gasteiger partial charge in [0.1, 0.15) is 17.3 Å². The van der Waals surface area contributed by atoms with Crippen molar-refractivity contribution in [3.05, 3.63) is 88.0 Å². The van der Waals surface area contributed by atoms with Crippen molar-refractivity contribution in [1.29, 1.82) is 0 Å². The maximum atomic E-state index is 13.5. The molecule has 0 radical (unpaired) electrons. The van der Waals surface area contributed by atoms with Crippen molar-refractivity contribution in [2.45, 2.75) is 0 Å². The van der Waals surface area contributed by atoms with E-state index in [4.69, 9.17) is 33.3 Å². The highest BCUT2D eigenvalue weighted by atomic mass is 35.5. The number of nitrogens with one attached hydrogen (secondary N) is 1. The molecule has 0 saturated carbocycles. The molecule has 3 aromatic rings. The lowest BCUT2D eigenvalue weighted by molar-refractivity contribution is -0.118. The van der Waals surface area contributed by atoms with Crippen LogP contribution in [0.1, 0.15) is 5.56 Å². The molecule has 1 aliphatic heterocycles. The molecule has 1 fully saturated rings. The van der Waals surface area contributed by atoms with E-state index in [0.29, 0.717) is 32.1 Å². The van der Waals surface area contributed by atoms with Crippen LogP contribution in [0.4, 0.5) is 15.8 Å². The van der Waals surface area contributed by atoms with Crippen LogP contribution < -0.4 is 19.7 Å². The van der Waals surface area contributed by atoms with Gasteiger partial charge >= 0.3 is 0 Å². The number of thiocarbonyl (C=S) groups is 1. The van der Waals surface area contributed by atoms with Gasteiger partial charge in [0.25, 0.3) is 11.8 Å². The number of hydrogen-bond acceptors (Lipinski definition) is 6. The van der Waals surface area contributed by atoms with Gasteiger partial charge in [0.05, 0.1) is 28.4 Å². The first-order valence-corrected chi connectivity index (χ1v) is 11.8. The van der Waals surface area contributed by atoms with Crippen molar-refractivity contribution in [1.82, 2.24) is 0 Å². The van der Waals surface area contributed by atoms with Gasteiger partial charge in [0.2, 0.25) is 0 Å². The van der Waals surface area contributed by atoms with Crippen LogP contribution in [0.5, 0.6) is 11.5 Å². The van der Waals surface area contributed by atoms with Crippen molar-refractivity contribution in [3.63, 3.8) is 0 Å². The second-order valence-electron chi connectivity index (χ2n) is 7.22. The Morgan fingerprint density at radius 3 is 2.63 bits per heavy atom. The molecular formula is C25H18ClFN2O4S2. The maximum Gasteiger partial charge on any atom is 0.270 e. The zero-order valence-electron chi connectivity index (χ0n) is 18.3. The molecule has 0 atom stereocenters. The molecular weight excluding hydrogens is 511 g/mol. The van der Waals surface area contributed by atoms with E-state index in [0.717, 1.165) is 17.3 Å². The molecule has 178 valence electrons. The van der Waals surface area contributed by atoms with Crippen LogP contribution in [0.3, 0.4) is 0 Å². The van der Waals surface area contributed by atoms with Gasteiger partial charge in [-0.15, -0.1) is 0 Å². The van der Waals surface area contributed by atoms with Crippen molar-refractivity contribution in [3.8, 4) is 11.5 Å². The quantitative estimate of drug-likeness (QED) is 0.304. The topological polar surface area (TPSA) is 67.9 Å². The van der Waals surface area contributed by atoms with Gasteiger partial charge in [0, 0.05) is 0 Å². The van der Waals surface area contributed by atoms with Crippen molar-refractivity contribution < 1.29 is 23.5 Å². The summed E-state index contributed by atoms with van der Waals surface area (Å²) in [6.07, 6.45) is 1.70. The number of ether oxygens (including phenoxy) is 2. The summed E-state index contributed by atoms with van der Waals surface area (Å²) >= 11 is 12.3. The van der Waals surface area contributed by atoms with Crippen molar-refractivity contribution >= 4 is 69.2 Å². The van der Waals surface area contributed by atoms with E-state index in [-0.39, 0.29) is 23.4 Å². The molecule has 1 N–H and O–H groups in total. The van der Waals surface area contributed by atoms with Crippen LogP contribution in [-0.4, -0.2) is 29.9 Å². The highest BCUT2D eigenvalue weighted by Crippen LogP contribution is 2.37. The number of carbonyl (C=O) groups is 2. The van der Waals surface area contributed by atoms with Crippen LogP contribution in [0.25, 0.3) is 6.08 Å². The number of benzene rings is 3. The number of amides is 2. The molecule has 10 heteroatoms. The number of para-hydroxylation sites is 2. The molecule has 4 rings (SSSR count). The highest BCUT2D eigenvalue weighted by Gasteiger charge is 2.33. The molecule has 3 aromatic carbocycles.